The van der Waals surface area contributed by atoms with E-state index in [2.05, 4.69) is 15.0 Å². The van der Waals surface area contributed by atoms with E-state index in [0.29, 0.717) is 0 Å². The quantitative estimate of drug-likeness (QED) is 0.818. The lowest BCUT2D eigenvalue weighted by atomic mass is 10.2. The molecule has 0 aliphatic rings. The molecule has 2 heterocycles. The Morgan fingerprint density at radius 2 is 2.25 bits per heavy atom. The number of aryl methyl sites for hydroxylation is 1. The molecule has 0 fully saturated rings. The molecule has 0 spiro atoms. The van der Waals surface area contributed by atoms with Crippen molar-refractivity contribution in [1.29, 1.82) is 0 Å². The van der Waals surface area contributed by atoms with Crippen LogP contribution in [-0.4, -0.2) is 21.0 Å². The van der Waals surface area contributed by atoms with Crippen LogP contribution >= 0.6 is 0 Å². The maximum Gasteiger partial charge on any atom is 0.106 e. The lowest BCUT2D eigenvalue weighted by molar-refractivity contribution is 0.652. The average molecular weight is 216 g/mol. The minimum absolute atomic E-state index is 0.211. The first-order valence-corrected chi connectivity index (χ1v) is 5.46. The van der Waals surface area contributed by atoms with Gasteiger partial charge in [0.25, 0.3) is 0 Å². The second-order valence-electron chi connectivity index (χ2n) is 3.97. The van der Waals surface area contributed by atoms with Crippen LogP contribution < -0.4 is 5.73 Å². The van der Waals surface area contributed by atoms with Crippen molar-refractivity contribution in [1.82, 2.24) is 15.0 Å². The number of aromatic amines is 1. The number of rotatable bonds is 4. The van der Waals surface area contributed by atoms with Gasteiger partial charge in [-0.25, -0.2) is 4.98 Å². The summed E-state index contributed by atoms with van der Waals surface area (Å²) in [5.41, 5.74) is 7.58. The molecule has 0 radical (unpaired) electrons. The number of pyridine rings is 1. The van der Waals surface area contributed by atoms with Gasteiger partial charge in [-0.3, -0.25) is 4.98 Å². The van der Waals surface area contributed by atoms with Gasteiger partial charge in [-0.05, 0) is 25.5 Å². The molecule has 0 saturated heterocycles. The zero-order valence-electron chi connectivity index (χ0n) is 9.35. The van der Waals surface area contributed by atoms with Crippen molar-refractivity contribution >= 4 is 0 Å². The number of aromatic nitrogens is 3. The van der Waals surface area contributed by atoms with Crippen LogP contribution in [0.1, 0.15) is 19.2 Å². The Kier molecular flexibility index (Phi) is 3.31. The first-order valence-electron chi connectivity index (χ1n) is 5.46. The standard InChI is InChI=1S/C12H16N4/c1-9(13)5-6-12-15-8-11(16-12)10-4-2-3-7-14-10/h2-4,7-9H,5-6,13H2,1H3,(H,15,16). The highest BCUT2D eigenvalue weighted by Crippen LogP contribution is 2.13. The molecular weight excluding hydrogens is 200 g/mol. The fourth-order valence-electron chi connectivity index (χ4n) is 1.51. The lowest BCUT2D eigenvalue weighted by Gasteiger charge is -2.01. The Hall–Kier alpha value is -1.68. The van der Waals surface area contributed by atoms with Crippen molar-refractivity contribution in [2.75, 3.05) is 0 Å². The van der Waals surface area contributed by atoms with Gasteiger partial charge < -0.3 is 10.7 Å². The van der Waals surface area contributed by atoms with Gasteiger partial charge >= 0.3 is 0 Å². The molecule has 4 nitrogen and oxygen atoms in total. The Balaban J connectivity index is 2.08. The van der Waals surface area contributed by atoms with Crippen molar-refractivity contribution < 1.29 is 0 Å². The molecule has 3 N–H and O–H groups in total. The molecule has 1 atom stereocenters. The Bertz CT molecular complexity index is 433. The molecule has 0 aliphatic carbocycles. The number of imidazole rings is 1. The molecule has 16 heavy (non-hydrogen) atoms. The Labute approximate surface area is 94.9 Å². The van der Waals surface area contributed by atoms with E-state index in [0.717, 1.165) is 30.1 Å². The first kappa shape index (κ1) is 10.8. The maximum atomic E-state index is 5.70. The first-order chi connectivity index (χ1) is 7.75. The number of H-pyrrole nitrogens is 1. The van der Waals surface area contributed by atoms with Gasteiger partial charge in [0, 0.05) is 18.7 Å². The monoisotopic (exact) mass is 216 g/mol. The third-order valence-corrected chi connectivity index (χ3v) is 2.41. The van der Waals surface area contributed by atoms with Gasteiger partial charge in [-0.2, -0.15) is 0 Å². The van der Waals surface area contributed by atoms with E-state index >= 15 is 0 Å². The summed E-state index contributed by atoms with van der Waals surface area (Å²) >= 11 is 0. The van der Waals surface area contributed by atoms with Gasteiger partial charge in [0.2, 0.25) is 0 Å². The smallest absolute Gasteiger partial charge is 0.106 e. The summed E-state index contributed by atoms with van der Waals surface area (Å²) in [7, 11) is 0. The summed E-state index contributed by atoms with van der Waals surface area (Å²) in [6, 6.07) is 6.04. The zero-order valence-corrected chi connectivity index (χ0v) is 9.35. The van der Waals surface area contributed by atoms with Gasteiger partial charge in [0.1, 0.15) is 5.82 Å². The number of nitrogens with two attached hydrogens (primary N) is 1. The summed E-state index contributed by atoms with van der Waals surface area (Å²) in [5, 5.41) is 0. The predicted octanol–water partition coefficient (Wildman–Crippen LogP) is 1.75. The van der Waals surface area contributed by atoms with Crippen LogP contribution in [-0.2, 0) is 6.42 Å². The maximum absolute atomic E-state index is 5.70. The molecule has 0 aliphatic heterocycles. The summed E-state index contributed by atoms with van der Waals surface area (Å²) in [6.07, 6.45) is 5.41. The van der Waals surface area contributed by atoms with Crippen molar-refractivity contribution in [2.24, 2.45) is 5.73 Å². The van der Waals surface area contributed by atoms with E-state index in [-0.39, 0.29) is 6.04 Å². The second-order valence-corrected chi connectivity index (χ2v) is 3.97. The topological polar surface area (TPSA) is 67.6 Å². The molecule has 0 amide bonds. The van der Waals surface area contributed by atoms with Gasteiger partial charge in [-0.15, -0.1) is 0 Å². The molecule has 4 heteroatoms. The number of hydrogen-bond acceptors (Lipinski definition) is 3. The zero-order chi connectivity index (χ0) is 11.4. The van der Waals surface area contributed by atoms with E-state index < -0.39 is 0 Å². The van der Waals surface area contributed by atoms with E-state index in [4.69, 9.17) is 5.73 Å². The largest absolute Gasteiger partial charge is 0.341 e. The molecule has 0 aromatic carbocycles. The summed E-state index contributed by atoms with van der Waals surface area (Å²) < 4.78 is 0. The van der Waals surface area contributed by atoms with Crippen molar-refractivity contribution in [3.63, 3.8) is 0 Å². The lowest BCUT2D eigenvalue weighted by Crippen LogP contribution is -2.15. The highest BCUT2D eigenvalue weighted by atomic mass is 14.9. The summed E-state index contributed by atoms with van der Waals surface area (Å²) in [6.45, 7) is 2.00. The minimum Gasteiger partial charge on any atom is -0.341 e. The molecule has 0 saturated carbocycles. The van der Waals surface area contributed by atoms with Crippen molar-refractivity contribution in [2.45, 2.75) is 25.8 Å². The highest BCUT2D eigenvalue weighted by Gasteiger charge is 2.04. The van der Waals surface area contributed by atoms with E-state index in [9.17, 15) is 0 Å². The third kappa shape index (κ3) is 2.67. The van der Waals surface area contributed by atoms with Crippen molar-refractivity contribution in [3.05, 3.63) is 36.4 Å². The molecule has 1 unspecified atom stereocenters. The number of nitrogens with one attached hydrogen (secondary N) is 1. The summed E-state index contributed by atoms with van der Waals surface area (Å²) in [4.78, 5) is 11.8. The Morgan fingerprint density at radius 3 is 2.94 bits per heavy atom. The average Bonchev–Trinajstić information content (AvgIpc) is 2.76. The Morgan fingerprint density at radius 1 is 1.38 bits per heavy atom. The van der Waals surface area contributed by atoms with Crippen LogP contribution in [0.5, 0.6) is 0 Å². The molecular formula is C12H16N4. The number of hydrogen-bond donors (Lipinski definition) is 2. The molecule has 84 valence electrons. The fraction of sp³-hybridized carbons (Fsp3) is 0.333. The minimum atomic E-state index is 0.211. The summed E-state index contributed by atoms with van der Waals surface area (Å²) in [5.74, 6) is 0.970. The van der Waals surface area contributed by atoms with Crippen LogP contribution in [0.15, 0.2) is 30.6 Å². The number of nitrogens with zero attached hydrogens (tertiary/aromatic N) is 2. The van der Waals surface area contributed by atoms with Gasteiger partial charge in [-0.1, -0.05) is 6.07 Å². The van der Waals surface area contributed by atoms with Crippen molar-refractivity contribution in [3.8, 4) is 11.4 Å². The van der Waals surface area contributed by atoms with Crippen LogP contribution in [0.4, 0.5) is 0 Å². The van der Waals surface area contributed by atoms with E-state index in [1.807, 2.05) is 31.3 Å². The third-order valence-electron chi connectivity index (χ3n) is 2.41. The van der Waals surface area contributed by atoms with Crippen LogP contribution in [0.3, 0.4) is 0 Å². The van der Waals surface area contributed by atoms with Crippen LogP contribution in [0.25, 0.3) is 11.4 Å². The molecule has 2 aromatic heterocycles. The van der Waals surface area contributed by atoms with Crippen LogP contribution in [0, 0.1) is 0 Å². The van der Waals surface area contributed by atoms with Crippen LogP contribution in [0.2, 0.25) is 0 Å². The normalized spacial score (nSPS) is 12.6. The van der Waals surface area contributed by atoms with E-state index in [1.54, 1.807) is 6.20 Å². The van der Waals surface area contributed by atoms with Gasteiger partial charge in [0.15, 0.2) is 0 Å². The van der Waals surface area contributed by atoms with E-state index in [1.165, 1.54) is 0 Å². The fourth-order valence-corrected chi connectivity index (χ4v) is 1.51. The molecule has 0 bridgehead atoms. The second kappa shape index (κ2) is 4.90. The predicted molar refractivity (Wildman–Crippen MR) is 63.8 cm³/mol. The van der Waals surface area contributed by atoms with Gasteiger partial charge in [0.05, 0.1) is 17.6 Å². The molecule has 2 aromatic rings. The highest BCUT2D eigenvalue weighted by molar-refractivity contribution is 5.52. The molecule has 2 rings (SSSR count). The SMILES string of the molecule is CC(N)CCc1ncc(-c2ccccn2)[nH]1.